The van der Waals surface area contributed by atoms with Crippen molar-refractivity contribution >= 4 is 17.8 Å². The Balaban J connectivity index is 1.85. The van der Waals surface area contributed by atoms with Crippen molar-refractivity contribution in [2.75, 3.05) is 18.6 Å². The molecule has 1 aliphatic carbocycles. The highest BCUT2D eigenvalue weighted by molar-refractivity contribution is 7.99. The quantitative estimate of drug-likeness (QED) is 0.618. The molecule has 21 heavy (non-hydrogen) atoms. The molecule has 1 saturated heterocycles. The van der Waals surface area contributed by atoms with E-state index in [1.54, 1.807) is 13.2 Å². The van der Waals surface area contributed by atoms with Crippen LogP contribution in [0.3, 0.4) is 0 Å². The summed E-state index contributed by atoms with van der Waals surface area (Å²) in [7, 11) is 1.65. The second-order valence-corrected chi connectivity index (χ2v) is 6.71. The predicted octanol–water partition coefficient (Wildman–Crippen LogP) is 3.29. The van der Waals surface area contributed by atoms with Gasteiger partial charge in [-0.1, -0.05) is 6.07 Å². The Hall–Kier alpha value is -1.45. The van der Waals surface area contributed by atoms with Gasteiger partial charge in [-0.2, -0.15) is 16.8 Å². The monoisotopic (exact) mass is 305 g/mol. The van der Waals surface area contributed by atoms with Gasteiger partial charge >= 0.3 is 0 Å². The lowest BCUT2D eigenvalue weighted by Crippen LogP contribution is -2.23. The van der Waals surface area contributed by atoms with Crippen LogP contribution in [-0.4, -0.2) is 30.8 Å². The number of benzene rings is 1. The lowest BCUT2D eigenvalue weighted by Gasteiger charge is -2.24. The second-order valence-electron chi connectivity index (χ2n) is 5.56. The van der Waals surface area contributed by atoms with Crippen molar-refractivity contribution in [3.8, 4) is 11.5 Å². The summed E-state index contributed by atoms with van der Waals surface area (Å²) in [5.74, 6) is 3.73. The van der Waals surface area contributed by atoms with Crippen LogP contribution < -0.4 is 9.47 Å². The summed E-state index contributed by atoms with van der Waals surface area (Å²) < 4.78 is 11.5. The summed E-state index contributed by atoms with van der Waals surface area (Å²) in [6.07, 6.45) is 6.00. The smallest absolute Gasteiger partial charge is 0.235 e. The van der Waals surface area contributed by atoms with Gasteiger partial charge in [-0.15, -0.1) is 0 Å². The Morgan fingerprint density at radius 3 is 2.86 bits per heavy atom. The molecular formula is C16H19NO3S. The first-order valence-electron chi connectivity index (χ1n) is 7.29. The molecule has 1 atom stereocenters. The third-order valence-corrected chi connectivity index (χ3v) is 5.28. The first-order valence-corrected chi connectivity index (χ1v) is 8.45. The molecule has 1 aliphatic heterocycles. The summed E-state index contributed by atoms with van der Waals surface area (Å²) in [6.45, 7) is 0. The molecule has 2 fully saturated rings. The minimum absolute atomic E-state index is 0.234. The number of nitrogens with zero attached hydrogens (tertiary/aromatic N) is 1. The third kappa shape index (κ3) is 3.09. The van der Waals surface area contributed by atoms with Crippen LogP contribution in [0.15, 0.2) is 23.2 Å². The third-order valence-electron chi connectivity index (χ3n) is 4.10. The lowest BCUT2D eigenvalue weighted by atomic mass is 10.0. The zero-order valence-electron chi connectivity index (χ0n) is 12.1. The van der Waals surface area contributed by atoms with Gasteiger partial charge < -0.3 is 9.47 Å². The van der Waals surface area contributed by atoms with Crippen LogP contribution in [0, 0.1) is 0 Å². The molecule has 0 bridgehead atoms. The maximum atomic E-state index is 10.6. The van der Waals surface area contributed by atoms with Crippen LogP contribution >= 0.6 is 11.8 Å². The molecule has 4 nitrogen and oxygen atoms in total. The Morgan fingerprint density at radius 1 is 1.38 bits per heavy atom. The molecule has 112 valence electrons. The fourth-order valence-corrected chi connectivity index (χ4v) is 3.75. The van der Waals surface area contributed by atoms with Crippen LogP contribution in [0.25, 0.3) is 0 Å². The summed E-state index contributed by atoms with van der Waals surface area (Å²) in [6, 6.07) is 5.85. The Morgan fingerprint density at radius 2 is 2.24 bits per heavy atom. The molecule has 0 amide bonds. The van der Waals surface area contributed by atoms with Gasteiger partial charge in [0, 0.05) is 5.75 Å². The number of thioether (sulfide) groups is 1. The molecule has 1 aromatic carbocycles. The minimum Gasteiger partial charge on any atom is -0.493 e. The van der Waals surface area contributed by atoms with Crippen molar-refractivity contribution in [2.45, 2.75) is 37.3 Å². The van der Waals surface area contributed by atoms with Crippen LogP contribution in [0.1, 0.15) is 31.2 Å². The van der Waals surface area contributed by atoms with E-state index in [1.165, 1.54) is 12.2 Å². The number of isocyanates is 1. The predicted molar refractivity (Wildman–Crippen MR) is 83.0 cm³/mol. The van der Waals surface area contributed by atoms with Crippen LogP contribution in [0.5, 0.6) is 11.5 Å². The molecule has 3 rings (SSSR count). The van der Waals surface area contributed by atoms with Crippen LogP contribution in [0.2, 0.25) is 0 Å². The Kier molecular flexibility index (Phi) is 4.22. The van der Waals surface area contributed by atoms with E-state index >= 15 is 0 Å². The maximum Gasteiger partial charge on any atom is 0.235 e. The largest absolute Gasteiger partial charge is 0.493 e. The molecule has 1 heterocycles. The highest BCUT2D eigenvalue weighted by Gasteiger charge is 2.45. The highest BCUT2D eigenvalue weighted by Crippen LogP contribution is 2.50. The van der Waals surface area contributed by atoms with Crippen molar-refractivity contribution in [1.29, 1.82) is 0 Å². The topological polar surface area (TPSA) is 47.9 Å². The first-order chi connectivity index (χ1) is 10.3. The molecule has 0 aromatic heterocycles. The van der Waals surface area contributed by atoms with Crippen molar-refractivity contribution in [3.63, 3.8) is 0 Å². The van der Waals surface area contributed by atoms with E-state index in [2.05, 4.69) is 4.99 Å². The van der Waals surface area contributed by atoms with Gasteiger partial charge in [0.05, 0.1) is 12.6 Å². The molecule has 1 aromatic rings. The normalized spacial score (nSPS) is 23.0. The molecular weight excluding hydrogens is 286 g/mol. The fourth-order valence-electron chi connectivity index (χ4n) is 2.71. The fraction of sp³-hybridized carbons (Fsp3) is 0.562. The molecule has 1 saturated carbocycles. The summed E-state index contributed by atoms with van der Waals surface area (Å²) in [4.78, 5) is 14.6. The van der Waals surface area contributed by atoms with Gasteiger partial charge in [-0.3, -0.25) is 0 Å². The van der Waals surface area contributed by atoms with E-state index in [-0.39, 0.29) is 11.6 Å². The molecule has 0 N–H and O–H groups in total. The number of ether oxygens (including phenoxy) is 2. The number of hydrogen-bond acceptors (Lipinski definition) is 5. The van der Waals surface area contributed by atoms with Crippen molar-refractivity contribution < 1.29 is 14.3 Å². The zero-order valence-corrected chi connectivity index (χ0v) is 12.9. The number of aliphatic imine (C=N–C) groups is 1. The summed E-state index contributed by atoms with van der Waals surface area (Å²) >= 11 is 1.93. The van der Waals surface area contributed by atoms with Gasteiger partial charge in [-0.25, -0.2) is 4.79 Å². The summed E-state index contributed by atoms with van der Waals surface area (Å²) in [5, 5.41) is 0. The summed E-state index contributed by atoms with van der Waals surface area (Å²) in [5.41, 5.74) is 0.651. The maximum absolute atomic E-state index is 10.6. The van der Waals surface area contributed by atoms with Crippen LogP contribution in [0.4, 0.5) is 0 Å². The molecule has 0 radical (unpaired) electrons. The minimum atomic E-state index is -0.368. The van der Waals surface area contributed by atoms with Gasteiger partial charge in [0.25, 0.3) is 0 Å². The van der Waals surface area contributed by atoms with E-state index in [9.17, 15) is 4.79 Å². The zero-order chi connectivity index (χ0) is 14.7. The molecule has 1 unspecified atom stereocenters. The average Bonchev–Trinajstić information content (AvgIpc) is 3.29. The number of rotatable bonds is 5. The first kappa shape index (κ1) is 14.5. The van der Waals surface area contributed by atoms with E-state index in [4.69, 9.17) is 9.47 Å². The molecule has 0 spiro atoms. The number of hydrogen-bond donors (Lipinski definition) is 0. The van der Waals surface area contributed by atoms with Gasteiger partial charge in [-0.05, 0) is 49.1 Å². The van der Waals surface area contributed by atoms with Crippen molar-refractivity contribution in [3.05, 3.63) is 23.8 Å². The van der Waals surface area contributed by atoms with Gasteiger partial charge in [0.1, 0.15) is 6.10 Å². The molecule has 2 aliphatic rings. The van der Waals surface area contributed by atoms with E-state index in [0.717, 1.165) is 42.1 Å². The Labute approximate surface area is 128 Å². The van der Waals surface area contributed by atoms with Crippen molar-refractivity contribution in [1.82, 2.24) is 0 Å². The van der Waals surface area contributed by atoms with E-state index in [1.807, 2.05) is 30.0 Å². The second kappa shape index (κ2) is 6.12. The van der Waals surface area contributed by atoms with E-state index < -0.39 is 0 Å². The van der Waals surface area contributed by atoms with E-state index in [0.29, 0.717) is 0 Å². The van der Waals surface area contributed by atoms with Gasteiger partial charge in [0.2, 0.25) is 6.08 Å². The number of carbonyl (C=O) groups excluding carboxylic acids is 1. The number of methoxy groups -OCH3 is 1. The average molecular weight is 305 g/mol. The highest BCUT2D eigenvalue weighted by atomic mass is 32.2. The standard InChI is InChI=1S/C16H19NO3S/c1-19-14-5-4-12(16(6-7-16)17-11-18)9-15(14)20-13-3-2-8-21-10-13/h4-5,9,13H,2-3,6-8,10H2,1H3. The Bertz CT molecular complexity index is 559. The van der Waals surface area contributed by atoms with Gasteiger partial charge in [0.15, 0.2) is 11.5 Å². The van der Waals surface area contributed by atoms with Crippen molar-refractivity contribution in [2.24, 2.45) is 4.99 Å². The lowest BCUT2D eigenvalue weighted by molar-refractivity contribution is 0.202. The van der Waals surface area contributed by atoms with Crippen LogP contribution in [-0.2, 0) is 10.3 Å². The SMILES string of the molecule is COc1ccc(C2(N=C=O)CC2)cc1OC1CCCSC1. The molecule has 5 heteroatoms.